The zero-order valence-corrected chi connectivity index (χ0v) is 13.1. The Morgan fingerprint density at radius 3 is 2.96 bits per heavy atom. The van der Waals surface area contributed by atoms with Crippen LogP contribution in [0.4, 0.5) is 13.2 Å². The highest BCUT2D eigenvalue weighted by Crippen LogP contribution is 2.26. The van der Waals surface area contributed by atoms with Gasteiger partial charge in [-0.3, -0.25) is 4.79 Å². The molecular weight excluding hydrogens is 341 g/mol. The summed E-state index contributed by atoms with van der Waals surface area (Å²) in [6.45, 7) is -2.66. The molecule has 1 amide bonds. The number of ether oxygens (including phenoxy) is 1. The van der Waals surface area contributed by atoms with Crippen molar-refractivity contribution in [3.63, 3.8) is 0 Å². The predicted octanol–water partition coefficient (Wildman–Crippen LogP) is 3.94. The number of nitrogens with one attached hydrogen (secondary N) is 2. The standard InChI is InChI=1S/C16H13F3N2O2S/c17-10-1-2-11-9(8-21-12(11)7-10)3-5-20-15(22)14-13(4-6-24-14)23-16(18)19/h1-2,4,6-8,16,21H,3,5H2,(H,20,22). The molecule has 0 saturated heterocycles. The number of thiophene rings is 1. The van der Waals surface area contributed by atoms with Gasteiger partial charge >= 0.3 is 6.61 Å². The summed E-state index contributed by atoms with van der Waals surface area (Å²) >= 11 is 1.03. The van der Waals surface area contributed by atoms with Crippen LogP contribution >= 0.6 is 11.3 Å². The number of hydrogen-bond acceptors (Lipinski definition) is 3. The molecular formula is C16H13F3N2O2S. The average molecular weight is 354 g/mol. The summed E-state index contributed by atoms with van der Waals surface area (Å²) in [6, 6.07) is 5.78. The van der Waals surface area contributed by atoms with E-state index in [1.807, 2.05) is 0 Å². The number of amides is 1. The molecule has 3 aromatic rings. The zero-order valence-electron chi connectivity index (χ0n) is 12.3. The van der Waals surface area contributed by atoms with Crippen LogP contribution in [-0.2, 0) is 6.42 Å². The fourth-order valence-corrected chi connectivity index (χ4v) is 3.15. The Morgan fingerprint density at radius 1 is 1.33 bits per heavy atom. The monoisotopic (exact) mass is 354 g/mol. The fourth-order valence-electron chi connectivity index (χ4n) is 2.41. The van der Waals surface area contributed by atoms with Gasteiger partial charge in [-0.25, -0.2) is 4.39 Å². The van der Waals surface area contributed by atoms with Crippen LogP contribution in [0.25, 0.3) is 10.9 Å². The summed E-state index contributed by atoms with van der Waals surface area (Å²) in [5.74, 6) is -0.921. The summed E-state index contributed by atoms with van der Waals surface area (Å²) in [4.78, 5) is 15.1. The van der Waals surface area contributed by atoms with Crippen LogP contribution in [0.3, 0.4) is 0 Å². The quantitative estimate of drug-likeness (QED) is 0.704. The third-order valence-corrected chi connectivity index (χ3v) is 4.36. The first kappa shape index (κ1) is 16.4. The molecule has 24 heavy (non-hydrogen) atoms. The molecule has 2 heterocycles. The van der Waals surface area contributed by atoms with Crippen molar-refractivity contribution in [2.24, 2.45) is 0 Å². The number of carbonyl (C=O) groups is 1. The first-order valence-corrected chi connectivity index (χ1v) is 7.98. The summed E-state index contributed by atoms with van der Waals surface area (Å²) in [5, 5.41) is 5.06. The van der Waals surface area contributed by atoms with Gasteiger partial charge in [0.2, 0.25) is 0 Å². The Kier molecular flexibility index (Phi) is 4.75. The maximum atomic E-state index is 13.1. The van der Waals surface area contributed by atoms with Crippen LogP contribution in [0.2, 0.25) is 0 Å². The number of alkyl halides is 2. The lowest BCUT2D eigenvalue weighted by Gasteiger charge is -2.07. The number of aromatic amines is 1. The van der Waals surface area contributed by atoms with Crippen LogP contribution in [0.5, 0.6) is 5.75 Å². The molecule has 0 bridgehead atoms. The van der Waals surface area contributed by atoms with Crippen molar-refractivity contribution >= 4 is 28.1 Å². The van der Waals surface area contributed by atoms with Crippen molar-refractivity contribution in [3.05, 3.63) is 52.1 Å². The molecule has 0 unspecified atom stereocenters. The molecule has 2 N–H and O–H groups in total. The maximum Gasteiger partial charge on any atom is 0.387 e. The van der Waals surface area contributed by atoms with Gasteiger partial charge in [0.1, 0.15) is 16.4 Å². The first-order valence-electron chi connectivity index (χ1n) is 7.10. The molecule has 0 saturated carbocycles. The summed E-state index contributed by atoms with van der Waals surface area (Å²) in [5.41, 5.74) is 1.61. The summed E-state index contributed by atoms with van der Waals surface area (Å²) in [6.07, 6.45) is 2.28. The number of hydrogen-bond donors (Lipinski definition) is 2. The zero-order chi connectivity index (χ0) is 17.1. The number of benzene rings is 1. The van der Waals surface area contributed by atoms with Gasteiger partial charge in [-0.05, 0) is 41.6 Å². The molecule has 126 valence electrons. The Labute approximate surface area is 139 Å². The van der Waals surface area contributed by atoms with Gasteiger partial charge < -0.3 is 15.0 Å². The molecule has 0 spiro atoms. The SMILES string of the molecule is O=C(NCCc1c[nH]c2cc(F)ccc12)c1sccc1OC(F)F. The summed E-state index contributed by atoms with van der Waals surface area (Å²) in [7, 11) is 0. The lowest BCUT2D eigenvalue weighted by atomic mass is 10.1. The van der Waals surface area contributed by atoms with E-state index in [2.05, 4.69) is 15.0 Å². The third-order valence-electron chi connectivity index (χ3n) is 3.46. The van der Waals surface area contributed by atoms with Crippen LogP contribution in [0, 0.1) is 5.82 Å². The molecule has 1 aromatic carbocycles. The van der Waals surface area contributed by atoms with Crippen molar-refractivity contribution in [1.82, 2.24) is 10.3 Å². The second kappa shape index (κ2) is 6.96. The number of H-pyrrole nitrogens is 1. The smallest absolute Gasteiger partial charge is 0.387 e. The van der Waals surface area contributed by atoms with Crippen molar-refractivity contribution in [3.8, 4) is 5.75 Å². The van der Waals surface area contributed by atoms with Gasteiger partial charge in [0.25, 0.3) is 5.91 Å². The van der Waals surface area contributed by atoms with E-state index in [4.69, 9.17) is 0 Å². The summed E-state index contributed by atoms with van der Waals surface area (Å²) < 4.78 is 42.0. The second-order valence-electron chi connectivity index (χ2n) is 5.00. The molecule has 0 aliphatic heterocycles. The predicted molar refractivity (Wildman–Crippen MR) is 85.2 cm³/mol. The lowest BCUT2D eigenvalue weighted by Crippen LogP contribution is -2.25. The molecule has 0 fully saturated rings. The van der Waals surface area contributed by atoms with Crippen molar-refractivity contribution in [1.29, 1.82) is 0 Å². The van der Waals surface area contributed by atoms with Gasteiger partial charge in [0.15, 0.2) is 0 Å². The molecule has 0 aliphatic rings. The van der Waals surface area contributed by atoms with E-state index in [0.717, 1.165) is 22.3 Å². The van der Waals surface area contributed by atoms with Crippen LogP contribution < -0.4 is 10.1 Å². The molecule has 0 radical (unpaired) electrons. The van der Waals surface area contributed by atoms with E-state index >= 15 is 0 Å². The highest BCUT2D eigenvalue weighted by Gasteiger charge is 2.17. The molecule has 0 aliphatic carbocycles. The Balaban J connectivity index is 1.61. The minimum Gasteiger partial charge on any atom is -0.433 e. The van der Waals surface area contributed by atoms with Crippen molar-refractivity contribution in [2.75, 3.05) is 6.54 Å². The average Bonchev–Trinajstić information content (AvgIpc) is 3.13. The minimum absolute atomic E-state index is 0.108. The number of halogens is 3. The normalized spacial score (nSPS) is 11.2. The number of rotatable bonds is 6. The molecule has 4 nitrogen and oxygen atoms in total. The maximum absolute atomic E-state index is 13.1. The van der Waals surface area contributed by atoms with Gasteiger partial charge in [-0.1, -0.05) is 0 Å². The fraction of sp³-hybridized carbons (Fsp3) is 0.188. The highest BCUT2D eigenvalue weighted by atomic mass is 32.1. The first-order chi connectivity index (χ1) is 11.5. The van der Waals surface area contributed by atoms with E-state index < -0.39 is 12.5 Å². The largest absolute Gasteiger partial charge is 0.433 e. The Morgan fingerprint density at radius 2 is 2.17 bits per heavy atom. The number of fused-ring (bicyclic) bond motifs is 1. The van der Waals surface area contributed by atoms with Gasteiger partial charge in [0.05, 0.1) is 0 Å². The van der Waals surface area contributed by atoms with E-state index in [1.165, 1.54) is 23.6 Å². The van der Waals surface area contributed by atoms with Crippen molar-refractivity contribution < 1.29 is 22.7 Å². The topological polar surface area (TPSA) is 54.1 Å². The molecule has 0 atom stereocenters. The molecule has 3 rings (SSSR count). The van der Waals surface area contributed by atoms with Crippen LogP contribution in [-0.4, -0.2) is 24.0 Å². The second-order valence-corrected chi connectivity index (χ2v) is 5.92. The van der Waals surface area contributed by atoms with Crippen molar-refractivity contribution in [2.45, 2.75) is 13.0 Å². The van der Waals surface area contributed by atoms with E-state index in [1.54, 1.807) is 12.3 Å². The van der Waals surface area contributed by atoms with Gasteiger partial charge in [-0.2, -0.15) is 8.78 Å². The molecule has 8 heteroatoms. The Hall–Kier alpha value is -2.48. The molecule has 2 aromatic heterocycles. The number of aromatic nitrogens is 1. The van der Waals surface area contributed by atoms with E-state index in [-0.39, 0.29) is 16.4 Å². The lowest BCUT2D eigenvalue weighted by molar-refractivity contribution is -0.0498. The number of carbonyl (C=O) groups excluding carboxylic acids is 1. The minimum atomic E-state index is -2.97. The van der Waals surface area contributed by atoms with Crippen LogP contribution in [0.15, 0.2) is 35.8 Å². The van der Waals surface area contributed by atoms with Gasteiger partial charge in [-0.15, -0.1) is 11.3 Å². The Bertz CT molecular complexity index is 860. The van der Waals surface area contributed by atoms with E-state index in [9.17, 15) is 18.0 Å². The third kappa shape index (κ3) is 3.53. The highest BCUT2D eigenvalue weighted by molar-refractivity contribution is 7.12. The van der Waals surface area contributed by atoms with Crippen LogP contribution in [0.1, 0.15) is 15.2 Å². The van der Waals surface area contributed by atoms with Gasteiger partial charge in [0, 0.05) is 23.6 Å². The van der Waals surface area contributed by atoms with E-state index in [0.29, 0.717) is 18.5 Å².